The first-order valence-corrected chi connectivity index (χ1v) is 12.1. The fourth-order valence-corrected chi connectivity index (χ4v) is 4.14. The van der Waals surface area contributed by atoms with Crippen LogP contribution in [0.25, 0.3) is 11.1 Å². The van der Waals surface area contributed by atoms with E-state index in [0.29, 0.717) is 22.6 Å². The molecular formula is C25H19F3N4O4S. The van der Waals surface area contributed by atoms with Crippen LogP contribution >= 0.6 is 11.8 Å². The van der Waals surface area contributed by atoms with Gasteiger partial charge >= 0.3 is 12.1 Å². The molecule has 0 saturated carbocycles. The summed E-state index contributed by atoms with van der Waals surface area (Å²) in [5.41, 5.74) is 0.510. The summed E-state index contributed by atoms with van der Waals surface area (Å²) in [6.07, 6.45) is -2.72. The number of phenols is 1. The van der Waals surface area contributed by atoms with Crippen molar-refractivity contribution in [2.24, 2.45) is 15.3 Å². The minimum atomic E-state index is -4.51. The van der Waals surface area contributed by atoms with E-state index in [1.54, 1.807) is 30.5 Å². The summed E-state index contributed by atoms with van der Waals surface area (Å²) < 4.78 is 38.7. The van der Waals surface area contributed by atoms with Crippen LogP contribution < -0.4 is 5.01 Å². The van der Waals surface area contributed by atoms with E-state index in [1.165, 1.54) is 30.0 Å². The number of azo groups is 1. The zero-order valence-electron chi connectivity index (χ0n) is 19.2. The minimum Gasteiger partial charge on any atom is -0.505 e. The Morgan fingerprint density at radius 3 is 2.46 bits per heavy atom. The number of benzene rings is 3. The number of anilines is 1. The Kier molecular flexibility index (Phi) is 7.30. The van der Waals surface area contributed by atoms with Gasteiger partial charge in [-0.2, -0.15) is 45.3 Å². The molecule has 0 saturated heterocycles. The molecule has 0 fully saturated rings. The number of alkyl halides is 3. The molecule has 0 aliphatic carbocycles. The van der Waals surface area contributed by atoms with Crippen molar-refractivity contribution in [1.29, 1.82) is 0 Å². The number of carboxylic acids is 1. The maximum atomic E-state index is 13.1. The molecule has 2 N–H and O–H groups in total. The molecule has 0 aromatic heterocycles. The average Bonchev–Trinajstić information content (AvgIpc) is 3.18. The summed E-state index contributed by atoms with van der Waals surface area (Å²) >= 11 is 1.38. The first kappa shape index (κ1) is 25.9. The van der Waals surface area contributed by atoms with Gasteiger partial charge in [-0.1, -0.05) is 24.3 Å². The van der Waals surface area contributed by atoms with Crippen LogP contribution in [0.2, 0.25) is 0 Å². The van der Waals surface area contributed by atoms with E-state index in [-0.39, 0.29) is 22.7 Å². The van der Waals surface area contributed by atoms with Crippen molar-refractivity contribution < 1.29 is 33.0 Å². The molecule has 1 unspecified atom stereocenters. The predicted octanol–water partition coefficient (Wildman–Crippen LogP) is 5.99. The SMILES string of the molecule is CSCC1=NN(c2ccc(C(F)(F)F)cc2)C(=O)C1N=Nc1cccc(-c2cccc(C(=O)O)c2)c1O. The van der Waals surface area contributed by atoms with Crippen LogP contribution in [0, 0.1) is 0 Å². The molecule has 1 heterocycles. The number of hydrogen-bond acceptors (Lipinski definition) is 7. The molecule has 190 valence electrons. The lowest BCUT2D eigenvalue weighted by atomic mass is 10.0. The van der Waals surface area contributed by atoms with Crippen LogP contribution in [0.3, 0.4) is 0 Å². The van der Waals surface area contributed by atoms with Crippen LogP contribution in [-0.4, -0.2) is 45.9 Å². The third-order valence-electron chi connectivity index (χ3n) is 5.43. The van der Waals surface area contributed by atoms with Gasteiger partial charge in [0.05, 0.1) is 22.5 Å². The molecule has 8 nitrogen and oxygen atoms in total. The fourth-order valence-electron chi connectivity index (χ4n) is 3.62. The van der Waals surface area contributed by atoms with Crippen molar-refractivity contribution in [1.82, 2.24) is 0 Å². The van der Waals surface area contributed by atoms with Gasteiger partial charge in [0.1, 0.15) is 5.69 Å². The van der Waals surface area contributed by atoms with Gasteiger partial charge in [-0.25, -0.2) is 4.79 Å². The first-order valence-electron chi connectivity index (χ1n) is 10.7. The molecule has 1 atom stereocenters. The van der Waals surface area contributed by atoms with Gasteiger partial charge in [0.2, 0.25) is 0 Å². The highest BCUT2D eigenvalue weighted by Gasteiger charge is 2.37. The number of carbonyl (C=O) groups excluding carboxylic acids is 1. The van der Waals surface area contributed by atoms with E-state index in [9.17, 15) is 33.0 Å². The van der Waals surface area contributed by atoms with Crippen LogP contribution in [0.5, 0.6) is 5.75 Å². The number of phenolic OH excluding ortho intramolecular Hbond substituents is 1. The molecule has 4 rings (SSSR count). The number of thioether (sulfide) groups is 1. The number of aromatic carboxylic acids is 1. The number of nitrogens with zero attached hydrogens (tertiary/aromatic N) is 4. The number of rotatable bonds is 7. The average molecular weight is 529 g/mol. The number of hydrogen-bond donors (Lipinski definition) is 2. The van der Waals surface area contributed by atoms with E-state index in [4.69, 9.17) is 0 Å². The third kappa shape index (κ3) is 5.48. The Bertz CT molecular complexity index is 1410. The van der Waals surface area contributed by atoms with E-state index >= 15 is 0 Å². The van der Waals surface area contributed by atoms with Crippen molar-refractivity contribution in [2.45, 2.75) is 12.2 Å². The summed E-state index contributed by atoms with van der Waals surface area (Å²) in [6.45, 7) is 0. The van der Waals surface area contributed by atoms with E-state index in [2.05, 4.69) is 15.3 Å². The molecule has 1 aliphatic heterocycles. The van der Waals surface area contributed by atoms with E-state index < -0.39 is 29.7 Å². The van der Waals surface area contributed by atoms with Crippen molar-refractivity contribution in [3.63, 3.8) is 0 Å². The Hall–Kier alpha value is -4.19. The second-order valence-corrected chi connectivity index (χ2v) is 8.76. The van der Waals surface area contributed by atoms with Crippen molar-refractivity contribution in [2.75, 3.05) is 17.0 Å². The van der Waals surface area contributed by atoms with Crippen LogP contribution in [0.15, 0.2) is 82.1 Å². The summed E-state index contributed by atoms with van der Waals surface area (Å²) in [5.74, 6) is -1.66. The summed E-state index contributed by atoms with van der Waals surface area (Å²) in [4.78, 5) is 24.4. The van der Waals surface area contributed by atoms with Gasteiger partial charge in [0, 0.05) is 11.3 Å². The quantitative estimate of drug-likeness (QED) is 0.365. The molecule has 37 heavy (non-hydrogen) atoms. The molecule has 0 radical (unpaired) electrons. The summed E-state index contributed by atoms with van der Waals surface area (Å²) in [7, 11) is 0. The molecular weight excluding hydrogens is 509 g/mol. The van der Waals surface area contributed by atoms with Crippen molar-refractivity contribution in [3.8, 4) is 16.9 Å². The maximum Gasteiger partial charge on any atom is 0.416 e. The molecule has 3 aromatic carbocycles. The van der Waals surface area contributed by atoms with E-state index in [1.807, 2.05) is 0 Å². The lowest BCUT2D eigenvalue weighted by molar-refractivity contribution is -0.137. The Labute approximate surface area is 213 Å². The largest absolute Gasteiger partial charge is 0.505 e. The predicted molar refractivity (Wildman–Crippen MR) is 134 cm³/mol. The highest BCUT2D eigenvalue weighted by Crippen LogP contribution is 2.38. The molecule has 1 amide bonds. The lowest BCUT2D eigenvalue weighted by Gasteiger charge is -2.14. The minimum absolute atomic E-state index is 0.0433. The fraction of sp³-hybridized carbons (Fsp3) is 0.160. The molecule has 1 aliphatic rings. The van der Waals surface area contributed by atoms with Gasteiger partial charge in [0.15, 0.2) is 11.8 Å². The zero-order chi connectivity index (χ0) is 26.7. The number of carbonyl (C=O) groups is 2. The molecule has 0 bridgehead atoms. The monoisotopic (exact) mass is 528 g/mol. The second kappa shape index (κ2) is 10.4. The highest BCUT2D eigenvalue weighted by molar-refractivity contribution is 7.99. The number of hydrazone groups is 1. The number of aromatic hydroxyl groups is 1. The topological polar surface area (TPSA) is 115 Å². The third-order valence-corrected chi connectivity index (χ3v) is 6.02. The second-order valence-electron chi connectivity index (χ2n) is 7.90. The number of carboxylic acid groups (broad SMARTS) is 1. The maximum absolute atomic E-state index is 13.1. The van der Waals surface area contributed by atoms with Crippen LogP contribution in [-0.2, 0) is 11.0 Å². The van der Waals surface area contributed by atoms with Gasteiger partial charge in [-0.3, -0.25) is 4.79 Å². The zero-order valence-corrected chi connectivity index (χ0v) is 20.0. The van der Waals surface area contributed by atoms with Crippen molar-refractivity contribution in [3.05, 3.63) is 77.9 Å². The molecule has 12 heteroatoms. The number of para-hydroxylation sites is 1. The summed E-state index contributed by atoms with van der Waals surface area (Å²) in [5, 5.41) is 33.4. The highest BCUT2D eigenvalue weighted by atomic mass is 32.2. The number of amides is 1. The Morgan fingerprint density at radius 1 is 1.11 bits per heavy atom. The standard InChI is InChI=1S/C25H19F3N4O4S/c1-37-13-20-21(23(34)32(31-20)17-10-8-16(9-11-17)25(26,27)28)30-29-19-7-3-6-18(22(19)33)14-4-2-5-15(12-14)24(35)36/h2-12,21,33H,13H2,1H3,(H,35,36). The normalized spacial score (nSPS) is 15.9. The van der Waals surface area contributed by atoms with Gasteiger partial charge < -0.3 is 10.2 Å². The van der Waals surface area contributed by atoms with Crippen molar-refractivity contribution >= 4 is 40.7 Å². The molecule has 0 spiro atoms. The first-order chi connectivity index (χ1) is 17.6. The Balaban J connectivity index is 1.62. The van der Waals surface area contributed by atoms with Crippen LogP contribution in [0.4, 0.5) is 24.5 Å². The summed E-state index contributed by atoms with van der Waals surface area (Å²) in [6, 6.07) is 13.6. The molecule has 3 aromatic rings. The smallest absolute Gasteiger partial charge is 0.416 e. The van der Waals surface area contributed by atoms with Gasteiger partial charge in [-0.05, 0) is 54.3 Å². The van der Waals surface area contributed by atoms with E-state index in [0.717, 1.165) is 29.3 Å². The van der Waals surface area contributed by atoms with Gasteiger partial charge in [-0.15, -0.1) is 0 Å². The van der Waals surface area contributed by atoms with Crippen LogP contribution in [0.1, 0.15) is 15.9 Å². The Morgan fingerprint density at radius 2 is 1.81 bits per heavy atom. The lowest BCUT2D eigenvalue weighted by Crippen LogP contribution is -2.31. The number of halogens is 3. The van der Waals surface area contributed by atoms with Gasteiger partial charge in [0.25, 0.3) is 5.91 Å².